The highest BCUT2D eigenvalue weighted by Gasteiger charge is 2.04. The summed E-state index contributed by atoms with van der Waals surface area (Å²) in [5.41, 5.74) is 2.49. The van der Waals surface area contributed by atoms with Gasteiger partial charge in [-0.3, -0.25) is 0 Å². The third kappa shape index (κ3) is 2.64. The number of hydrogen-bond acceptors (Lipinski definition) is 2. The molecular weight excluding hydrogens is 252 g/mol. The summed E-state index contributed by atoms with van der Waals surface area (Å²) in [4.78, 5) is 1.27. The van der Waals surface area contributed by atoms with Crippen LogP contribution in [0.2, 0.25) is 0 Å². The number of benzene rings is 2. The Morgan fingerprint density at radius 3 is 2.68 bits per heavy atom. The fourth-order valence-corrected chi connectivity index (χ4v) is 3.21. The van der Waals surface area contributed by atoms with Gasteiger partial charge in [-0.1, -0.05) is 30.3 Å². The van der Waals surface area contributed by atoms with Crippen molar-refractivity contribution in [2.45, 2.75) is 20.5 Å². The van der Waals surface area contributed by atoms with Crippen LogP contribution in [-0.4, -0.2) is 0 Å². The quantitative estimate of drug-likeness (QED) is 0.642. The van der Waals surface area contributed by atoms with E-state index < -0.39 is 0 Å². The van der Waals surface area contributed by atoms with Crippen molar-refractivity contribution in [3.05, 3.63) is 64.5 Å². The molecule has 0 aliphatic carbocycles. The zero-order valence-electron chi connectivity index (χ0n) is 11.1. The van der Waals surface area contributed by atoms with E-state index in [0.717, 1.165) is 5.75 Å². The molecule has 0 spiro atoms. The van der Waals surface area contributed by atoms with Crippen LogP contribution in [0.25, 0.3) is 10.1 Å². The van der Waals surface area contributed by atoms with Crippen LogP contribution in [0.3, 0.4) is 0 Å². The second-order valence-corrected chi connectivity index (χ2v) is 5.98. The molecule has 3 rings (SSSR count). The number of thiophene rings is 1. The van der Waals surface area contributed by atoms with Crippen molar-refractivity contribution < 1.29 is 4.74 Å². The lowest BCUT2D eigenvalue weighted by atomic mass is 10.2. The summed E-state index contributed by atoms with van der Waals surface area (Å²) in [6.07, 6.45) is 0. The standard InChI is InChI=1S/C17H16OS/c1-12-7-8-14-10-15(19-17(14)9-12)11-18-16-6-4-3-5-13(16)2/h3-10H,11H2,1-2H3. The normalized spacial score (nSPS) is 10.8. The van der Waals surface area contributed by atoms with Crippen LogP contribution in [0.4, 0.5) is 0 Å². The SMILES string of the molecule is Cc1ccc2cc(COc3ccccc3C)sc2c1. The maximum atomic E-state index is 5.89. The van der Waals surface area contributed by atoms with Gasteiger partial charge in [0.1, 0.15) is 12.4 Å². The van der Waals surface area contributed by atoms with Gasteiger partial charge in [0.05, 0.1) is 0 Å². The maximum absolute atomic E-state index is 5.89. The molecule has 0 bridgehead atoms. The minimum Gasteiger partial charge on any atom is -0.488 e. The van der Waals surface area contributed by atoms with E-state index in [4.69, 9.17) is 4.74 Å². The van der Waals surface area contributed by atoms with Crippen molar-refractivity contribution in [3.63, 3.8) is 0 Å². The zero-order chi connectivity index (χ0) is 13.2. The van der Waals surface area contributed by atoms with Gasteiger partial charge in [-0.2, -0.15) is 0 Å². The second-order valence-electron chi connectivity index (χ2n) is 4.81. The van der Waals surface area contributed by atoms with E-state index in [1.165, 1.54) is 26.1 Å². The Morgan fingerprint density at radius 2 is 1.84 bits per heavy atom. The lowest BCUT2D eigenvalue weighted by Gasteiger charge is -2.06. The molecule has 1 aromatic heterocycles. The van der Waals surface area contributed by atoms with Crippen LogP contribution in [0.15, 0.2) is 48.5 Å². The van der Waals surface area contributed by atoms with Crippen LogP contribution in [0, 0.1) is 13.8 Å². The van der Waals surface area contributed by atoms with Gasteiger partial charge in [0.15, 0.2) is 0 Å². The molecule has 0 atom stereocenters. The number of hydrogen-bond donors (Lipinski definition) is 0. The Balaban J connectivity index is 1.80. The molecule has 0 N–H and O–H groups in total. The van der Waals surface area contributed by atoms with Gasteiger partial charge in [0.2, 0.25) is 0 Å². The van der Waals surface area contributed by atoms with Crippen molar-refractivity contribution in [2.75, 3.05) is 0 Å². The number of rotatable bonds is 3. The Kier molecular flexibility index (Phi) is 3.26. The van der Waals surface area contributed by atoms with Crippen molar-refractivity contribution in [2.24, 2.45) is 0 Å². The summed E-state index contributed by atoms with van der Waals surface area (Å²) in [7, 11) is 0. The third-order valence-electron chi connectivity index (χ3n) is 3.19. The number of para-hydroxylation sites is 1. The van der Waals surface area contributed by atoms with Crippen molar-refractivity contribution >= 4 is 21.4 Å². The molecule has 1 heterocycles. The predicted molar refractivity (Wildman–Crippen MR) is 82.1 cm³/mol. The summed E-state index contributed by atoms with van der Waals surface area (Å²) in [5.74, 6) is 0.969. The van der Waals surface area contributed by atoms with Gasteiger partial charge in [0, 0.05) is 9.58 Å². The van der Waals surface area contributed by atoms with Gasteiger partial charge in [0.25, 0.3) is 0 Å². The van der Waals surface area contributed by atoms with Crippen LogP contribution in [0.1, 0.15) is 16.0 Å². The van der Waals surface area contributed by atoms with Crippen LogP contribution < -0.4 is 4.74 Å². The van der Waals surface area contributed by atoms with E-state index in [9.17, 15) is 0 Å². The molecular formula is C17H16OS. The molecule has 0 amide bonds. The average molecular weight is 268 g/mol. The van der Waals surface area contributed by atoms with Gasteiger partial charge in [-0.15, -0.1) is 11.3 Å². The lowest BCUT2D eigenvalue weighted by molar-refractivity contribution is 0.308. The molecule has 0 saturated carbocycles. The van der Waals surface area contributed by atoms with E-state index in [1.807, 2.05) is 29.5 Å². The first-order valence-corrected chi connectivity index (χ1v) is 7.21. The second kappa shape index (κ2) is 5.06. The topological polar surface area (TPSA) is 9.23 Å². The molecule has 0 fully saturated rings. The molecule has 0 aliphatic rings. The fraction of sp³-hybridized carbons (Fsp3) is 0.176. The van der Waals surface area contributed by atoms with Crippen molar-refractivity contribution in [1.29, 1.82) is 0 Å². The molecule has 2 heteroatoms. The van der Waals surface area contributed by atoms with Crippen LogP contribution >= 0.6 is 11.3 Å². The van der Waals surface area contributed by atoms with Crippen LogP contribution in [0.5, 0.6) is 5.75 Å². The molecule has 19 heavy (non-hydrogen) atoms. The maximum Gasteiger partial charge on any atom is 0.122 e. The first-order chi connectivity index (χ1) is 9.22. The minimum absolute atomic E-state index is 0.642. The zero-order valence-corrected chi connectivity index (χ0v) is 12.0. The van der Waals surface area contributed by atoms with E-state index in [-0.39, 0.29) is 0 Å². The van der Waals surface area contributed by atoms with E-state index >= 15 is 0 Å². The molecule has 2 aromatic carbocycles. The summed E-state index contributed by atoms with van der Waals surface area (Å²) < 4.78 is 7.23. The van der Waals surface area contributed by atoms with E-state index in [2.05, 4.69) is 44.2 Å². The Hall–Kier alpha value is -1.80. The predicted octanol–water partition coefficient (Wildman–Crippen LogP) is 5.10. The molecule has 0 radical (unpaired) electrons. The van der Waals surface area contributed by atoms with Gasteiger partial charge in [-0.05, 0) is 48.6 Å². The minimum atomic E-state index is 0.642. The van der Waals surface area contributed by atoms with Crippen molar-refractivity contribution in [3.8, 4) is 5.75 Å². The largest absolute Gasteiger partial charge is 0.488 e. The highest BCUT2D eigenvalue weighted by molar-refractivity contribution is 7.19. The van der Waals surface area contributed by atoms with Crippen molar-refractivity contribution in [1.82, 2.24) is 0 Å². The van der Waals surface area contributed by atoms with Crippen LogP contribution in [-0.2, 0) is 6.61 Å². The summed E-state index contributed by atoms with van der Waals surface area (Å²) >= 11 is 1.81. The molecule has 0 aliphatic heterocycles. The molecule has 96 valence electrons. The number of ether oxygens (including phenoxy) is 1. The number of aryl methyl sites for hydroxylation is 2. The highest BCUT2D eigenvalue weighted by Crippen LogP contribution is 2.28. The monoisotopic (exact) mass is 268 g/mol. The summed E-state index contributed by atoms with van der Waals surface area (Å²) in [6, 6.07) is 16.9. The van der Waals surface area contributed by atoms with E-state index in [0.29, 0.717) is 6.61 Å². The number of fused-ring (bicyclic) bond motifs is 1. The summed E-state index contributed by atoms with van der Waals surface area (Å²) in [6.45, 7) is 4.84. The first-order valence-electron chi connectivity index (χ1n) is 6.40. The highest BCUT2D eigenvalue weighted by atomic mass is 32.1. The Bertz CT molecular complexity index is 712. The molecule has 0 unspecified atom stereocenters. The Labute approximate surface area is 117 Å². The van der Waals surface area contributed by atoms with Gasteiger partial charge >= 0.3 is 0 Å². The molecule has 0 saturated heterocycles. The molecule has 3 aromatic rings. The Morgan fingerprint density at radius 1 is 1.00 bits per heavy atom. The van der Waals surface area contributed by atoms with E-state index in [1.54, 1.807) is 0 Å². The van der Waals surface area contributed by atoms with Gasteiger partial charge in [-0.25, -0.2) is 0 Å². The molecule has 1 nitrogen and oxygen atoms in total. The first kappa shape index (κ1) is 12.2. The van der Waals surface area contributed by atoms with Gasteiger partial charge < -0.3 is 4.74 Å². The summed E-state index contributed by atoms with van der Waals surface area (Å²) in [5, 5.41) is 1.30. The average Bonchev–Trinajstić information content (AvgIpc) is 2.79. The fourth-order valence-electron chi connectivity index (χ4n) is 2.13. The third-order valence-corrected chi connectivity index (χ3v) is 4.26. The smallest absolute Gasteiger partial charge is 0.122 e. The lowest BCUT2D eigenvalue weighted by Crippen LogP contribution is -1.94.